The minimum Gasteiger partial charge on any atom is -0.0649 e. The first-order chi connectivity index (χ1) is 8.87. The molecule has 0 aromatic carbocycles. The summed E-state index contributed by atoms with van der Waals surface area (Å²) in [5, 5.41) is 0. The maximum Gasteiger partial charge on any atom is -0.0321 e. The van der Waals surface area contributed by atoms with Crippen LogP contribution in [0.1, 0.15) is 101 Å². The molecule has 0 N–H and O–H groups in total. The molecule has 0 aromatic rings. The van der Waals surface area contributed by atoms with Crippen molar-refractivity contribution in [3.63, 3.8) is 0 Å². The molecular weight excluding hydrogens is 240 g/mol. The van der Waals surface area contributed by atoms with E-state index in [9.17, 15) is 0 Å². The summed E-state index contributed by atoms with van der Waals surface area (Å²) in [6, 6.07) is 0. The normalized spacial score (nSPS) is 18.1. The molecular formula is C20H42. The molecule has 0 radical (unpaired) electrons. The zero-order valence-electron chi connectivity index (χ0n) is 16.2. The molecule has 0 aliphatic heterocycles. The fraction of sp³-hybridized carbons (Fsp3) is 1.00. The fourth-order valence-corrected chi connectivity index (χ4v) is 4.04. The molecule has 0 aliphatic rings. The third-order valence-electron chi connectivity index (χ3n) is 5.76. The lowest BCUT2D eigenvalue weighted by Crippen LogP contribution is -2.32. The number of rotatable bonds is 9. The monoisotopic (exact) mass is 282 g/mol. The predicted octanol–water partition coefficient (Wildman–Crippen LogP) is 7.33. The minimum atomic E-state index is 0.467. The third kappa shape index (κ3) is 6.64. The largest absolute Gasteiger partial charge is 0.0649 e. The quantitative estimate of drug-likeness (QED) is 0.415. The van der Waals surface area contributed by atoms with Crippen molar-refractivity contribution in [1.82, 2.24) is 0 Å². The molecule has 0 heteroatoms. The van der Waals surface area contributed by atoms with Gasteiger partial charge >= 0.3 is 0 Å². The van der Waals surface area contributed by atoms with E-state index >= 15 is 0 Å². The Morgan fingerprint density at radius 1 is 0.750 bits per heavy atom. The van der Waals surface area contributed by atoms with Crippen LogP contribution >= 0.6 is 0 Å². The molecule has 0 aliphatic carbocycles. The molecule has 0 saturated heterocycles. The van der Waals surface area contributed by atoms with Crippen molar-refractivity contribution >= 4 is 0 Å². The number of hydrogen-bond donors (Lipinski definition) is 0. The second-order valence-electron chi connectivity index (χ2n) is 9.55. The van der Waals surface area contributed by atoms with Gasteiger partial charge in [0.05, 0.1) is 0 Å². The van der Waals surface area contributed by atoms with Crippen LogP contribution in [0, 0.1) is 28.1 Å². The highest BCUT2D eigenvalue weighted by molar-refractivity contribution is 4.86. The molecule has 0 spiro atoms. The second kappa shape index (κ2) is 7.32. The average Bonchev–Trinajstić information content (AvgIpc) is 2.25. The summed E-state index contributed by atoms with van der Waals surface area (Å²) in [7, 11) is 0. The average molecular weight is 283 g/mol. The highest BCUT2D eigenvalue weighted by Gasteiger charge is 2.36. The van der Waals surface area contributed by atoms with Crippen LogP contribution in [0.4, 0.5) is 0 Å². The summed E-state index contributed by atoms with van der Waals surface area (Å²) in [4.78, 5) is 0. The zero-order chi connectivity index (χ0) is 16.2. The van der Waals surface area contributed by atoms with Crippen LogP contribution in [0.2, 0.25) is 0 Å². The molecule has 0 amide bonds. The molecule has 0 bridgehead atoms. The van der Waals surface area contributed by atoms with Crippen LogP contribution in [-0.2, 0) is 0 Å². The summed E-state index contributed by atoms with van der Waals surface area (Å²) in [5.74, 6) is 1.60. The lowest BCUT2D eigenvalue weighted by atomic mass is 9.63. The molecule has 0 heterocycles. The van der Waals surface area contributed by atoms with Gasteiger partial charge in [0, 0.05) is 0 Å². The molecule has 2 unspecified atom stereocenters. The molecule has 0 rings (SSSR count). The Morgan fingerprint density at radius 2 is 1.25 bits per heavy atom. The Hall–Kier alpha value is 0. The second-order valence-corrected chi connectivity index (χ2v) is 9.55. The maximum atomic E-state index is 2.53. The van der Waals surface area contributed by atoms with Gasteiger partial charge in [-0.1, -0.05) is 82.1 Å². The first-order valence-corrected chi connectivity index (χ1v) is 8.87. The Balaban J connectivity index is 4.86. The van der Waals surface area contributed by atoms with Crippen LogP contribution in [0.5, 0.6) is 0 Å². The summed E-state index contributed by atoms with van der Waals surface area (Å²) in [6.45, 7) is 24.2. The van der Waals surface area contributed by atoms with Crippen LogP contribution in [0.3, 0.4) is 0 Å². The predicted molar refractivity (Wildman–Crippen MR) is 94.1 cm³/mol. The van der Waals surface area contributed by atoms with Gasteiger partial charge in [0.25, 0.3) is 0 Å². The van der Waals surface area contributed by atoms with Crippen molar-refractivity contribution in [2.75, 3.05) is 0 Å². The van der Waals surface area contributed by atoms with E-state index in [1.807, 2.05) is 0 Å². The van der Waals surface area contributed by atoms with E-state index in [0.29, 0.717) is 16.2 Å². The van der Waals surface area contributed by atoms with Crippen LogP contribution in [0.15, 0.2) is 0 Å². The molecule has 0 fully saturated rings. The van der Waals surface area contributed by atoms with Crippen molar-refractivity contribution in [3.05, 3.63) is 0 Å². The third-order valence-corrected chi connectivity index (χ3v) is 5.76. The van der Waals surface area contributed by atoms with Gasteiger partial charge in [0.1, 0.15) is 0 Å². The van der Waals surface area contributed by atoms with E-state index in [1.54, 1.807) is 0 Å². The van der Waals surface area contributed by atoms with Gasteiger partial charge < -0.3 is 0 Å². The molecule has 122 valence electrons. The van der Waals surface area contributed by atoms with Crippen LogP contribution < -0.4 is 0 Å². The van der Waals surface area contributed by atoms with Gasteiger partial charge in [-0.15, -0.1) is 0 Å². The van der Waals surface area contributed by atoms with E-state index in [2.05, 4.69) is 69.2 Å². The van der Waals surface area contributed by atoms with Gasteiger partial charge in [-0.25, -0.2) is 0 Å². The van der Waals surface area contributed by atoms with Gasteiger partial charge in [0.2, 0.25) is 0 Å². The molecule has 20 heavy (non-hydrogen) atoms. The lowest BCUT2D eigenvalue weighted by molar-refractivity contribution is 0.0818. The standard InChI is InChI=1S/C20H42/c1-11-19(8,9)17(5)14-20(10,12-2)15-18(6,7)13-16(3)4/h16-17H,11-15H2,1-10H3. The molecule has 0 aromatic heterocycles. The van der Waals surface area contributed by atoms with Crippen LogP contribution in [-0.4, -0.2) is 0 Å². The van der Waals surface area contributed by atoms with Crippen molar-refractivity contribution in [2.45, 2.75) is 101 Å². The maximum absolute atomic E-state index is 2.53. The van der Waals surface area contributed by atoms with Gasteiger partial charge in [-0.05, 0) is 47.3 Å². The van der Waals surface area contributed by atoms with E-state index in [4.69, 9.17) is 0 Å². The Morgan fingerprint density at radius 3 is 1.60 bits per heavy atom. The van der Waals surface area contributed by atoms with Crippen molar-refractivity contribution in [2.24, 2.45) is 28.1 Å². The SMILES string of the molecule is CCC(C)(CC(C)C(C)(C)CC)CC(C)(C)CC(C)C. The van der Waals surface area contributed by atoms with Gasteiger partial charge in [0.15, 0.2) is 0 Å². The van der Waals surface area contributed by atoms with E-state index in [-0.39, 0.29) is 0 Å². The molecule has 0 nitrogen and oxygen atoms in total. The highest BCUT2D eigenvalue weighted by Crippen LogP contribution is 2.47. The van der Waals surface area contributed by atoms with Gasteiger partial charge in [-0.3, -0.25) is 0 Å². The molecule has 0 saturated carbocycles. The van der Waals surface area contributed by atoms with Crippen molar-refractivity contribution < 1.29 is 0 Å². The van der Waals surface area contributed by atoms with E-state index in [1.165, 1.54) is 32.1 Å². The van der Waals surface area contributed by atoms with E-state index in [0.717, 1.165) is 11.8 Å². The van der Waals surface area contributed by atoms with E-state index < -0.39 is 0 Å². The number of hydrogen-bond acceptors (Lipinski definition) is 0. The lowest BCUT2D eigenvalue weighted by Gasteiger charge is -2.43. The summed E-state index contributed by atoms with van der Waals surface area (Å²) < 4.78 is 0. The minimum absolute atomic E-state index is 0.467. The topological polar surface area (TPSA) is 0 Å². The first kappa shape index (κ1) is 20.0. The summed E-state index contributed by atoms with van der Waals surface area (Å²) >= 11 is 0. The fourth-order valence-electron chi connectivity index (χ4n) is 4.04. The highest BCUT2D eigenvalue weighted by atomic mass is 14.4. The smallest absolute Gasteiger partial charge is 0.0321 e. The summed E-state index contributed by atoms with van der Waals surface area (Å²) in [6.07, 6.45) is 6.65. The zero-order valence-corrected chi connectivity index (χ0v) is 16.2. The Bertz CT molecular complexity index is 272. The van der Waals surface area contributed by atoms with Crippen molar-refractivity contribution in [1.29, 1.82) is 0 Å². The summed E-state index contributed by atoms with van der Waals surface area (Å²) in [5.41, 5.74) is 1.43. The van der Waals surface area contributed by atoms with Crippen LogP contribution in [0.25, 0.3) is 0 Å². The molecule has 2 atom stereocenters. The Labute approximate surface area is 130 Å². The van der Waals surface area contributed by atoms with Crippen molar-refractivity contribution in [3.8, 4) is 0 Å². The van der Waals surface area contributed by atoms with Gasteiger partial charge in [-0.2, -0.15) is 0 Å². The Kier molecular flexibility index (Phi) is 7.32. The first-order valence-electron chi connectivity index (χ1n) is 8.87.